The van der Waals surface area contributed by atoms with Crippen LogP contribution in [0, 0.1) is 11.3 Å². The van der Waals surface area contributed by atoms with Crippen LogP contribution in [-0.4, -0.2) is 12.4 Å². The Morgan fingerprint density at radius 2 is 2.10 bits per heavy atom. The molecule has 21 heavy (non-hydrogen) atoms. The highest BCUT2D eigenvalue weighted by Crippen LogP contribution is 2.30. The molecule has 0 bridgehead atoms. The van der Waals surface area contributed by atoms with Gasteiger partial charge in [0.25, 0.3) is 0 Å². The molecule has 0 atom stereocenters. The van der Waals surface area contributed by atoms with Crippen molar-refractivity contribution in [3.8, 4) is 11.8 Å². The molecule has 0 unspecified atom stereocenters. The van der Waals surface area contributed by atoms with Crippen LogP contribution in [0.15, 0.2) is 52.5 Å². The van der Waals surface area contributed by atoms with E-state index in [1.807, 2.05) is 12.1 Å². The summed E-state index contributed by atoms with van der Waals surface area (Å²) in [6.07, 6.45) is 1.77. The fourth-order valence-electron chi connectivity index (χ4n) is 2.21. The van der Waals surface area contributed by atoms with E-state index in [4.69, 9.17) is 10.00 Å². The van der Waals surface area contributed by atoms with Gasteiger partial charge in [-0.05, 0) is 42.0 Å². The summed E-state index contributed by atoms with van der Waals surface area (Å²) >= 11 is 3.36. The average molecular weight is 340 g/mol. The van der Waals surface area contributed by atoms with Crippen molar-refractivity contribution >= 4 is 27.8 Å². The fraction of sp³-hybridized carbons (Fsp3) is 0.0588. The van der Waals surface area contributed by atoms with Gasteiger partial charge < -0.3 is 4.74 Å². The number of benzene rings is 2. The Morgan fingerprint density at radius 3 is 2.90 bits per heavy atom. The maximum Gasteiger partial charge on any atom is 0.196 e. The minimum absolute atomic E-state index is 0.0417. The van der Waals surface area contributed by atoms with Crippen LogP contribution in [0.1, 0.15) is 21.5 Å². The van der Waals surface area contributed by atoms with Crippen LogP contribution < -0.4 is 4.74 Å². The predicted molar refractivity (Wildman–Crippen MR) is 83.1 cm³/mol. The molecule has 0 fully saturated rings. The second-order valence-corrected chi connectivity index (χ2v) is 5.58. The molecule has 102 valence electrons. The van der Waals surface area contributed by atoms with E-state index >= 15 is 0 Å². The van der Waals surface area contributed by atoms with E-state index in [0.29, 0.717) is 22.4 Å². The van der Waals surface area contributed by atoms with Crippen LogP contribution in [0.3, 0.4) is 0 Å². The molecule has 0 saturated heterocycles. The lowest BCUT2D eigenvalue weighted by Crippen LogP contribution is -2.19. The molecule has 0 radical (unpaired) electrons. The van der Waals surface area contributed by atoms with Gasteiger partial charge in [0.2, 0.25) is 0 Å². The van der Waals surface area contributed by atoms with Crippen molar-refractivity contribution in [1.29, 1.82) is 5.26 Å². The molecule has 3 nitrogen and oxygen atoms in total. The Balaban J connectivity index is 1.99. The van der Waals surface area contributed by atoms with Gasteiger partial charge in [0.1, 0.15) is 12.4 Å². The van der Waals surface area contributed by atoms with Crippen LogP contribution in [-0.2, 0) is 0 Å². The number of nitrogens with zero attached hydrogens (tertiary/aromatic N) is 1. The third-order valence-corrected chi connectivity index (χ3v) is 3.71. The number of Topliss-reactive ketones (excluding diaryl/α,β-unsaturated/α-hetero) is 1. The number of carbonyl (C=O) groups excluding carboxylic acids is 1. The van der Waals surface area contributed by atoms with Gasteiger partial charge in [0, 0.05) is 10.0 Å². The minimum Gasteiger partial charge on any atom is -0.488 e. The Hall–Kier alpha value is -2.38. The summed E-state index contributed by atoms with van der Waals surface area (Å²) in [4.78, 5) is 12.5. The Kier molecular flexibility index (Phi) is 3.59. The highest BCUT2D eigenvalue weighted by atomic mass is 79.9. The van der Waals surface area contributed by atoms with Crippen molar-refractivity contribution in [2.75, 3.05) is 6.61 Å². The second-order valence-electron chi connectivity index (χ2n) is 4.67. The van der Waals surface area contributed by atoms with E-state index in [1.165, 1.54) is 0 Å². The molecule has 0 amide bonds. The summed E-state index contributed by atoms with van der Waals surface area (Å²) in [6, 6.07) is 14.6. The van der Waals surface area contributed by atoms with Gasteiger partial charge in [-0.3, -0.25) is 4.79 Å². The number of halogens is 1. The average Bonchev–Trinajstić information content (AvgIpc) is 2.51. The van der Waals surface area contributed by atoms with Gasteiger partial charge in [-0.2, -0.15) is 5.26 Å². The van der Waals surface area contributed by atoms with E-state index < -0.39 is 0 Å². The molecule has 1 aliphatic rings. The molecule has 0 aromatic heterocycles. The third-order valence-electron chi connectivity index (χ3n) is 3.22. The summed E-state index contributed by atoms with van der Waals surface area (Å²) < 4.78 is 6.45. The van der Waals surface area contributed by atoms with E-state index in [1.54, 1.807) is 36.4 Å². The molecule has 0 saturated carbocycles. The molecule has 4 heteroatoms. The number of fused-ring (bicyclic) bond motifs is 1. The van der Waals surface area contributed by atoms with E-state index in [2.05, 4.69) is 22.0 Å². The Morgan fingerprint density at radius 1 is 1.24 bits per heavy atom. The SMILES string of the molecule is N#Cc1cccc(C=C2COc3ccc(Br)cc3C2=O)c1. The van der Waals surface area contributed by atoms with Crippen molar-refractivity contribution in [2.24, 2.45) is 0 Å². The van der Waals surface area contributed by atoms with E-state index in [-0.39, 0.29) is 12.4 Å². The van der Waals surface area contributed by atoms with E-state index in [9.17, 15) is 4.79 Å². The van der Waals surface area contributed by atoms with Gasteiger partial charge in [-0.15, -0.1) is 0 Å². The number of rotatable bonds is 1. The number of carbonyl (C=O) groups is 1. The van der Waals surface area contributed by atoms with Crippen molar-refractivity contribution in [2.45, 2.75) is 0 Å². The first-order valence-corrected chi connectivity index (χ1v) is 7.14. The van der Waals surface area contributed by atoms with Crippen LogP contribution in [0.4, 0.5) is 0 Å². The first kappa shape index (κ1) is 13.6. The molecule has 0 N–H and O–H groups in total. The molecule has 1 aliphatic heterocycles. The van der Waals surface area contributed by atoms with Gasteiger partial charge >= 0.3 is 0 Å². The topological polar surface area (TPSA) is 50.1 Å². The van der Waals surface area contributed by atoms with Gasteiger partial charge in [0.15, 0.2) is 5.78 Å². The standard InChI is InChI=1S/C17H10BrNO2/c18-14-4-5-16-15(8-14)17(20)13(10-21-16)7-11-2-1-3-12(6-11)9-19/h1-8H,10H2. The summed E-state index contributed by atoms with van der Waals surface area (Å²) in [5.41, 5.74) is 2.52. The monoisotopic (exact) mass is 339 g/mol. The summed E-state index contributed by atoms with van der Waals surface area (Å²) in [7, 11) is 0. The highest BCUT2D eigenvalue weighted by molar-refractivity contribution is 9.10. The minimum atomic E-state index is -0.0417. The van der Waals surface area contributed by atoms with Gasteiger partial charge in [0.05, 0.1) is 17.2 Å². The zero-order chi connectivity index (χ0) is 14.8. The molecule has 0 aliphatic carbocycles. The number of hydrogen-bond donors (Lipinski definition) is 0. The number of hydrogen-bond acceptors (Lipinski definition) is 3. The molecule has 2 aromatic carbocycles. The lowest BCUT2D eigenvalue weighted by molar-refractivity contribution is 0.100. The lowest BCUT2D eigenvalue weighted by Gasteiger charge is -2.19. The summed E-state index contributed by atoms with van der Waals surface area (Å²) in [5, 5.41) is 8.91. The normalized spacial score (nSPS) is 15.2. The third kappa shape index (κ3) is 2.74. The summed E-state index contributed by atoms with van der Waals surface area (Å²) in [6.45, 7) is 0.240. The zero-order valence-corrected chi connectivity index (χ0v) is 12.6. The Labute approximate surface area is 130 Å². The predicted octanol–water partition coefficient (Wildman–Crippen LogP) is 3.98. The van der Waals surface area contributed by atoms with E-state index in [0.717, 1.165) is 10.0 Å². The number of ketones is 1. The fourth-order valence-corrected chi connectivity index (χ4v) is 2.57. The zero-order valence-electron chi connectivity index (χ0n) is 11.0. The Bertz CT molecular complexity index is 803. The molecule has 0 spiro atoms. The van der Waals surface area contributed by atoms with Crippen LogP contribution in [0.25, 0.3) is 6.08 Å². The first-order valence-electron chi connectivity index (χ1n) is 6.35. The number of ether oxygens (including phenoxy) is 1. The highest BCUT2D eigenvalue weighted by Gasteiger charge is 2.23. The summed E-state index contributed by atoms with van der Waals surface area (Å²) in [5.74, 6) is 0.561. The van der Waals surface area contributed by atoms with Crippen LogP contribution in [0.2, 0.25) is 0 Å². The van der Waals surface area contributed by atoms with Crippen molar-refractivity contribution in [3.63, 3.8) is 0 Å². The lowest BCUT2D eigenvalue weighted by atomic mass is 9.98. The largest absolute Gasteiger partial charge is 0.488 e. The molecular formula is C17H10BrNO2. The maximum absolute atomic E-state index is 12.5. The van der Waals surface area contributed by atoms with Crippen LogP contribution >= 0.6 is 15.9 Å². The smallest absolute Gasteiger partial charge is 0.196 e. The maximum atomic E-state index is 12.5. The van der Waals surface area contributed by atoms with Crippen molar-refractivity contribution < 1.29 is 9.53 Å². The molecule has 2 aromatic rings. The second kappa shape index (κ2) is 5.55. The first-order chi connectivity index (χ1) is 10.2. The van der Waals surface area contributed by atoms with Crippen LogP contribution in [0.5, 0.6) is 5.75 Å². The van der Waals surface area contributed by atoms with Gasteiger partial charge in [-0.25, -0.2) is 0 Å². The van der Waals surface area contributed by atoms with Crippen molar-refractivity contribution in [3.05, 3.63) is 69.2 Å². The molecule has 3 rings (SSSR count). The molecular weight excluding hydrogens is 330 g/mol. The number of nitriles is 1. The molecule has 1 heterocycles. The van der Waals surface area contributed by atoms with Gasteiger partial charge in [-0.1, -0.05) is 28.1 Å². The van der Waals surface area contributed by atoms with Crippen molar-refractivity contribution in [1.82, 2.24) is 0 Å². The quantitative estimate of drug-likeness (QED) is 0.738.